The lowest BCUT2D eigenvalue weighted by atomic mass is 9.87. The molecule has 8 heteroatoms. The molecule has 0 aliphatic rings. The molecule has 0 aliphatic carbocycles. The number of carbonyl (C=O) groups is 2. The fourth-order valence-corrected chi connectivity index (χ4v) is 2.67. The monoisotopic (exact) mass is 455 g/mol. The first-order valence-electron chi connectivity index (χ1n) is 10.7. The number of hydrogen-bond donors (Lipinski definition) is 1. The summed E-state index contributed by atoms with van der Waals surface area (Å²) in [6.07, 6.45) is 1.49. The average molecular weight is 456 g/mol. The van der Waals surface area contributed by atoms with Crippen LogP contribution in [0.4, 0.5) is 0 Å². The molecule has 0 spiro atoms. The minimum Gasteiger partial charge on any atom is -0.490 e. The first-order valence-corrected chi connectivity index (χ1v) is 10.7. The molecule has 0 saturated carbocycles. The molecule has 2 aromatic rings. The zero-order valence-corrected chi connectivity index (χ0v) is 20.2. The van der Waals surface area contributed by atoms with Gasteiger partial charge in [-0.05, 0) is 53.8 Å². The number of carbonyl (C=O) groups excluding carboxylic acids is 2. The third-order valence-electron chi connectivity index (χ3n) is 4.61. The van der Waals surface area contributed by atoms with Crippen LogP contribution in [0.3, 0.4) is 0 Å². The van der Waals surface area contributed by atoms with Crippen LogP contribution in [0, 0.1) is 0 Å². The Labute approximate surface area is 195 Å². The van der Waals surface area contributed by atoms with Crippen molar-refractivity contribution < 1.29 is 23.8 Å². The van der Waals surface area contributed by atoms with E-state index in [0.29, 0.717) is 29.4 Å². The molecule has 2 amide bonds. The Morgan fingerprint density at radius 3 is 2.27 bits per heavy atom. The number of likely N-dealkylation sites (N-methyl/N-ethyl adjacent to an activating group) is 1. The molecule has 0 heterocycles. The van der Waals surface area contributed by atoms with Gasteiger partial charge in [0.05, 0.1) is 12.8 Å². The van der Waals surface area contributed by atoms with Crippen molar-refractivity contribution in [2.24, 2.45) is 5.10 Å². The lowest BCUT2D eigenvalue weighted by molar-refractivity contribution is -0.130. The Balaban J connectivity index is 1.89. The summed E-state index contributed by atoms with van der Waals surface area (Å²) in [7, 11) is 3.33. The molecule has 0 radical (unpaired) electrons. The van der Waals surface area contributed by atoms with Crippen LogP contribution in [0.25, 0.3) is 0 Å². The van der Waals surface area contributed by atoms with E-state index in [1.54, 1.807) is 32.3 Å². The van der Waals surface area contributed by atoms with E-state index < -0.39 is 0 Å². The number of benzene rings is 2. The quantitative estimate of drug-likeness (QED) is 0.438. The summed E-state index contributed by atoms with van der Waals surface area (Å²) < 4.78 is 16.7. The van der Waals surface area contributed by atoms with Gasteiger partial charge in [-0.1, -0.05) is 32.9 Å². The lowest BCUT2D eigenvalue weighted by Crippen LogP contribution is -2.27. The van der Waals surface area contributed by atoms with Gasteiger partial charge in [0.25, 0.3) is 11.8 Å². The summed E-state index contributed by atoms with van der Waals surface area (Å²) >= 11 is 0. The number of amides is 2. The lowest BCUT2D eigenvalue weighted by Gasteiger charge is -2.19. The Morgan fingerprint density at radius 1 is 0.970 bits per heavy atom. The Hall–Kier alpha value is -3.55. The summed E-state index contributed by atoms with van der Waals surface area (Å²) in [5.41, 5.74) is 4.38. The fourth-order valence-electron chi connectivity index (χ4n) is 2.67. The third-order valence-corrected chi connectivity index (χ3v) is 4.61. The van der Waals surface area contributed by atoms with Crippen LogP contribution in [0.15, 0.2) is 47.6 Å². The van der Waals surface area contributed by atoms with Gasteiger partial charge >= 0.3 is 0 Å². The maximum atomic E-state index is 12.0. The van der Waals surface area contributed by atoms with Crippen molar-refractivity contribution in [1.29, 1.82) is 0 Å². The predicted molar refractivity (Wildman–Crippen MR) is 128 cm³/mol. The van der Waals surface area contributed by atoms with Gasteiger partial charge < -0.3 is 19.1 Å². The number of hydrazone groups is 1. The second kappa shape index (κ2) is 11.9. The molecule has 0 aromatic heterocycles. The van der Waals surface area contributed by atoms with Gasteiger partial charge in [-0.3, -0.25) is 9.59 Å². The topological polar surface area (TPSA) is 89.5 Å². The molecule has 1 N–H and O–H groups in total. The minimum atomic E-state index is -0.377. The molecule has 8 nitrogen and oxygen atoms in total. The van der Waals surface area contributed by atoms with E-state index in [4.69, 9.17) is 14.2 Å². The number of hydrogen-bond acceptors (Lipinski definition) is 6. The predicted octanol–water partition coefficient (Wildman–Crippen LogP) is 3.38. The normalized spacial score (nSPS) is 11.2. The molecule has 0 unspecified atom stereocenters. The van der Waals surface area contributed by atoms with E-state index in [2.05, 4.69) is 31.3 Å². The first-order chi connectivity index (χ1) is 15.6. The van der Waals surface area contributed by atoms with Crippen LogP contribution < -0.4 is 19.6 Å². The Kier molecular flexibility index (Phi) is 9.27. The average Bonchev–Trinajstić information content (AvgIpc) is 2.76. The molecule has 0 bridgehead atoms. The molecule has 0 aliphatic heterocycles. The molecule has 0 atom stereocenters. The van der Waals surface area contributed by atoms with Crippen molar-refractivity contribution in [2.45, 2.75) is 33.1 Å². The molecule has 2 aromatic carbocycles. The molecule has 0 saturated heterocycles. The number of rotatable bonds is 10. The number of ether oxygens (including phenoxy) is 3. The van der Waals surface area contributed by atoms with Gasteiger partial charge in [-0.15, -0.1) is 0 Å². The van der Waals surface area contributed by atoms with Gasteiger partial charge in [0.2, 0.25) is 0 Å². The van der Waals surface area contributed by atoms with E-state index in [1.165, 1.54) is 16.7 Å². The van der Waals surface area contributed by atoms with E-state index in [-0.39, 0.29) is 30.4 Å². The minimum absolute atomic E-state index is 0.0562. The van der Waals surface area contributed by atoms with Gasteiger partial charge in [-0.2, -0.15) is 5.10 Å². The van der Waals surface area contributed by atoms with Gasteiger partial charge in [-0.25, -0.2) is 5.43 Å². The van der Waals surface area contributed by atoms with Crippen molar-refractivity contribution in [3.63, 3.8) is 0 Å². The summed E-state index contributed by atoms with van der Waals surface area (Å²) in [4.78, 5) is 25.2. The highest BCUT2D eigenvalue weighted by Gasteiger charge is 2.13. The number of nitrogens with one attached hydrogen (secondary N) is 1. The van der Waals surface area contributed by atoms with Crippen molar-refractivity contribution in [1.82, 2.24) is 10.3 Å². The molecule has 2 rings (SSSR count). The molecule has 0 fully saturated rings. The Bertz CT molecular complexity index is 963. The molecular formula is C25H33N3O5. The van der Waals surface area contributed by atoms with Gasteiger partial charge in [0, 0.05) is 14.1 Å². The molecule has 178 valence electrons. The first kappa shape index (κ1) is 25.7. The summed E-state index contributed by atoms with van der Waals surface area (Å²) in [6.45, 7) is 8.46. The second-order valence-corrected chi connectivity index (χ2v) is 8.57. The van der Waals surface area contributed by atoms with Crippen molar-refractivity contribution >= 4 is 18.0 Å². The van der Waals surface area contributed by atoms with Crippen LogP contribution in [-0.4, -0.2) is 56.8 Å². The summed E-state index contributed by atoms with van der Waals surface area (Å²) in [5.74, 6) is 1.03. The van der Waals surface area contributed by atoms with Crippen LogP contribution in [0.1, 0.15) is 38.8 Å². The van der Waals surface area contributed by atoms with E-state index in [9.17, 15) is 9.59 Å². The SMILES string of the molecule is CCOc1cc(/C=N\NC(=O)COc2ccc(C(C)(C)C)cc2)ccc1OCC(=O)N(C)C. The summed E-state index contributed by atoms with van der Waals surface area (Å²) in [5, 5.41) is 3.97. The maximum absolute atomic E-state index is 12.0. The van der Waals surface area contributed by atoms with Crippen LogP contribution >= 0.6 is 0 Å². The zero-order valence-electron chi connectivity index (χ0n) is 20.2. The van der Waals surface area contributed by atoms with Gasteiger partial charge in [0.15, 0.2) is 24.7 Å². The Morgan fingerprint density at radius 2 is 1.67 bits per heavy atom. The second-order valence-electron chi connectivity index (χ2n) is 8.57. The highest BCUT2D eigenvalue weighted by atomic mass is 16.5. The zero-order chi connectivity index (χ0) is 24.4. The highest BCUT2D eigenvalue weighted by molar-refractivity contribution is 5.84. The van der Waals surface area contributed by atoms with Crippen molar-refractivity contribution in [3.8, 4) is 17.2 Å². The fraction of sp³-hybridized carbons (Fsp3) is 0.400. The third kappa shape index (κ3) is 8.48. The van der Waals surface area contributed by atoms with Crippen molar-refractivity contribution in [3.05, 3.63) is 53.6 Å². The van der Waals surface area contributed by atoms with E-state index >= 15 is 0 Å². The highest BCUT2D eigenvalue weighted by Crippen LogP contribution is 2.28. The van der Waals surface area contributed by atoms with E-state index in [1.807, 2.05) is 31.2 Å². The van der Waals surface area contributed by atoms with Crippen LogP contribution in [-0.2, 0) is 15.0 Å². The molecular weight excluding hydrogens is 422 g/mol. The molecule has 33 heavy (non-hydrogen) atoms. The van der Waals surface area contributed by atoms with E-state index in [0.717, 1.165) is 0 Å². The smallest absolute Gasteiger partial charge is 0.277 e. The van der Waals surface area contributed by atoms with Crippen LogP contribution in [0.5, 0.6) is 17.2 Å². The van der Waals surface area contributed by atoms with Crippen LogP contribution in [0.2, 0.25) is 0 Å². The summed E-state index contributed by atoms with van der Waals surface area (Å²) in [6, 6.07) is 12.9. The van der Waals surface area contributed by atoms with Crippen molar-refractivity contribution in [2.75, 3.05) is 33.9 Å². The number of nitrogens with zero attached hydrogens (tertiary/aromatic N) is 2. The maximum Gasteiger partial charge on any atom is 0.277 e. The standard InChI is InChI=1S/C25H33N3O5/c1-7-31-22-14-18(8-13-21(22)33-17-24(30)28(5)6)15-26-27-23(29)16-32-20-11-9-19(10-12-20)25(2,3)4/h8-15H,7,16-17H2,1-6H3,(H,27,29)/b26-15-. The largest absolute Gasteiger partial charge is 0.490 e. The van der Waals surface area contributed by atoms with Gasteiger partial charge in [0.1, 0.15) is 5.75 Å².